The van der Waals surface area contributed by atoms with Crippen LogP contribution in [0.4, 0.5) is 10.5 Å². The second-order valence-corrected chi connectivity index (χ2v) is 7.30. The highest BCUT2D eigenvalue weighted by Crippen LogP contribution is 2.34. The van der Waals surface area contributed by atoms with Crippen LogP contribution in [0, 0.1) is 0 Å². The van der Waals surface area contributed by atoms with Crippen molar-refractivity contribution in [3.8, 4) is 5.88 Å². The van der Waals surface area contributed by atoms with Gasteiger partial charge < -0.3 is 16.2 Å². The van der Waals surface area contributed by atoms with E-state index in [2.05, 4.69) is 17.4 Å². The number of aromatic nitrogens is 1. The van der Waals surface area contributed by atoms with Crippen LogP contribution in [0.3, 0.4) is 0 Å². The van der Waals surface area contributed by atoms with Crippen LogP contribution in [0.5, 0.6) is 5.88 Å². The molecular formula is C22H23N3O3. The molecule has 0 atom stereocenters. The third kappa shape index (κ3) is 3.22. The first-order valence-electron chi connectivity index (χ1n) is 9.60. The van der Waals surface area contributed by atoms with E-state index in [9.17, 15) is 14.7 Å². The van der Waals surface area contributed by atoms with Crippen molar-refractivity contribution in [1.82, 2.24) is 4.57 Å². The van der Waals surface area contributed by atoms with Gasteiger partial charge in [0.05, 0.1) is 5.52 Å². The molecule has 2 aromatic carbocycles. The lowest BCUT2D eigenvalue weighted by atomic mass is 9.84. The Hall–Kier alpha value is -3.28. The molecule has 0 radical (unpaired) electrons. The standard InChI is InChI=1S/C22H23N3O3/c23-22(28)25-18-9-5-4-8-17(18)19(21(25)27)20(26)24-16-12-10-15(11-13-16)14-6-2-1-3-7-14/h4-5,8-14,27H,1-3,6-7H2,(H2,23,28)(H,24,26). The smallest absolute Gasteiger partial charge is 0.326 e. The van der Waals surface area contributed by atoms with E-state index in [0.717, 1.165) is 4.57 Å². The minimum absolute atomic E-state index is 0.0331. The number of aromatic hydroxyl groups is 1. The summed E-state index contributed by atoms with van der Waals surface area (Å²) >= 11 is 0. The van der Waals surface area contributed by atoms with E-state index in [1.165, 1.54) is 37.7 Å². The molecule has 1 fully saturated rings. The number of carbonyl (C=O) groups is 2. The maximum Gasteiger partial charge on any atom is 0.326 e. The van der Waals surface area contributed by atoms with Crippen LogP contribution in [-0.4, -0.2) is 21.6 Å². The van der Waals surface area contributed by atoms with Crippen molar-refractivity contribution in [2.45, 2.75) is 38.0 Å². The Bertz CT molecular complexity index is 1030. The molecular weight excluding hydrogens is 354 g/mol. The Kier molecular flexibility index (Phi) is 4.77. The van der Waals surface area contributed by atoms with Gasteiger partial charge in [-0.25, -0.2) is 9.36 Å². The number of amides is 2. The van der Waals surface area contributed by atoms with Gasteiger partial charge >= 0.3 is 6.03 Å². The average molecular weight is 377 g/mol. The molecule has 0 saturated heterocycles. The number of hydrogen-bond donors (Lipinski definition) is 3. The number of para-hydroxylation sites is 1. The maximum atomic E-state index is 12.8. The van der Waals surface area contributed by atoms with Crippen molar-refractivity contribution in [3.63, 3.8) is 0 Å². The van der Waals surface area contributed by atoms with Crippen molar-refractivity contribution in [3.05, 3.63) is 59.7 Å². The van der Waals surface area contributed by atoms with Crippen LogP contribution in [0.25, 0.3) is 10.9 Å². The van der Waals surface area contributed by atoms with Crippen LogP contribution >= 0.6 is 0 Å². The normalized spacial score (nSPS) is 14.9. The van der Waals surface area contributed by atoms with Crippen LogP contribution in [0.15, 0.2) is 48.5 Å². The molecule has 4 rings (SSSR count). The first-order chi connectivity index (χ1) is 13.6. The summed E-state index contributed by atoms with van der Waals surface area (Å²) in [7, 11) is 0. The van der Waals surface area contributed by atoms with Crippen LogP contribution in [-0.2, 0) is 0 Å². The molecule has 0 bridgehead atoms. The maximum absolute atomic E-state index is 12.8. The van der Waals surface area contributed by atoms with E-state index >= 15 is 0 Å². The fourth-order valence-electron chi connectivity index (χ4n) is 4.14. The topological polar surface area (TPSA) is 97.3 Å². The zero-order valence-corrected chi connectivity index (χ0v) is 15.5. The quantitative estimate of drug-likeness (QED) is 0.623. The minimum Gasteiger partial charge on any atom is -0.494 e. The van der Waals surface area contributed by atoms with Gasteiger partial charge in [0, 0.05) is 11.1 Å². The largest absolute Gasteiger partial charge is 0.494 e. The lowest BCUT2D eigenvalue weighted by Gasteiger charge is -2.22. The van der Waals surface area contributed by atoms with E-state index in [1.807, 2.05) is 12.1 Å². The number of primary amides is 1. The molecule has 28 heavy (non-hydrogen) atoms. The molecule has 6 nitrogen and oxygen atoms in total. The van der Waals surface area contributed by atoms with Gasteiger partial charge in [-0.15, -0.1) is 0 Å². The SMILES string of the molecule is NC(=O)n1c(O)c(C(=O)Nc2ccc(C3CCCCC3)cc2)c2ccccc21. The number of anilines is 1. The summed E-state index contributed by atoms with van der Waals surface area (Å²) in [5.74, 6) is -0.347. The number of rotatable bonds is 3. The first kappa shape index (κ1) is 18.1. The number of nitrogens with zero attached hydrogens (tertiary/aromatic N) is 1. The van der Waals surface area contributed by atoms with E-state index in [0.29, 0.717) is 22.5 Å². The molecule has 1 heterocycles. The van der Waals surface area contributed by atoms with Crippen molar-refractivity contribution in [2.75, 3.05) is 5.32 Å². The van der Waals surface area contributed by atoms with Crippen molar-refractivity contribution in [1.29, 1.82) is 0 Å². The number of benzene rings is 2. The van der Waals surface area contributed by atoms with Gasteiger partial charge in [0.2, 0.25) is 5.88 Å². The number of nitrogens with one attached hydrogen (secondary N) is 1. The molecule has 4 N–H and O–H groups in total. The molecule has 3 aromatic rings. The Morgan fingerprint density at radius 2 is 1.68 bits per heavy atom. The highest BCUT2D eigenvalue weighted by molar-refractivity contribution is 6.16. The predicted octanol–water partition coefficient (Wildman–Crippen LogP) is 4.57. The van der Waals surface area contributed by atoms with Gasteiger partial charge in [-0.1, -0.05) is 49.6 Å². The second kappa shape index (κ2) is 7.38. The number of carbonyl (C=O) groups excluding carboxylic acids is 2. The fourth-order valence-corrected chi connectivity index (χ4v) is 4.14. The minimum atomic E-state index is -0.843. The van der Waals surface area contributed by atoms with Gasteiger partial charge in [-0.3, -0.25) is 4.79 Å². The van der Waals surface area contributed by atoms with E-state index in [-0.39, 0.29) is 5.56 Å². The Morgan fingerprint density at radius 3 is 2.36 bits per heavy atom. The van der Waals surface area contributed by atoms with Gasteiger partial charge in [0.25, 0.3) is 5.91 Å². The number of hydrogen-bond acceptors (Lipinski definition) is 3. The summed E-state index contributed by atoms with van der Waals surface area (Å²) in [6.07, 6.45) is 6.28. The zero-order valence-electron chi connectivity index (χ0n) is 15.5. The molecule has 0 unspecified atom stereocenters. The molecule has 2 amide bonds. The van der Waals surface area contributed by atoms with Crippen LogP contribution in [0.2, 0.25) is 0 Å². The highest BCUT2D eigenvalue weighted by atomic mass is 16.3. The summed E-state index contributed by atoms with van der Waals surface area (Å²) < 4.78 is 0.941. The fraction of sp³-hybridized carbons (Fsp3) is 0.273. The Balaban J connectivity index is 1.60. The molecule has 144 valence electrons. The second-order valence-electron chi connectivity index (χ2n) is 7.30. The zero-order chi connectivity index (χ0) is 19.7. The summed E-state index contributed by atoms with van der Waals surface area (Å²) in [4.78, 5) is 24.5. The lowest BCUT2D eigenvalue weighted by Crippen LogP contribution is -2.19. The first-order valence-corrected chi connectivity index (χ1v) is 9.60. The summed E-state index contributed by atoms with van der Waals surface area (Å²) in [5.41, 5.74) is 7.73. The third-order valence-electron chi connectivity index (χ3n) is 5.54. The molecule has 1 aromatic heterocycles. The van der Waals surface area contributed by atoms with Crippen LogP contribution < -0.4 is 11.1 Å². The summed E-state index contributed by atoms with van der Waals surface area (Å²) in [6.45, 7) is 0. The summed E-state index contributed by atoms with van der Waals surface area (Å²) in [5, 5.41) is 13.7. The van der Waals surface area contributed by atoms with Gasteiger partial charge in [-0.05, 0) is 42.5 Å². The third-order valence-corrected chi connectivity index (χ3v) is 5.54. The average Bonchev–Trinajstić information content (AvgIpc) is 3.01. The van der Waals surface area contributed by atoms with Gasteiger partial charge in [0.1, 0.15) is 5.56 Å². The Morgan fingerprint density at radius 1 is 1.00 bits per heavy atom. The van der Waals surface area contributed by atoms with Crippen molar-refractivity contribution >= 4 is 28.5 Å². The summed E-state index contributed by atoms with van der Waals surface area (Å²) in [6, 6.07) is 13.8. The van der Waals surface area contributed by atoms with E-state index in [4.69, 9.17) is 5.73 Å². The van der Waals surface area contributed by atoms with Crippen LogP contribution in [0.1, 0.15) is 53.9 Å². The Labute approximate surface area is 163 Å². The molecule has 1 aliphatic carbocycles. The van der Waals surface area contributed by atoms with E-state index < -0.39 is 17.8 Å². The van der Waals surface area contributed by atoms with Crippen molar-refractivity contribution < 1.29 is 14.7 Å². The molecule has 0 spiro atoms. The number of nitrogens with two attached hydrogens (primary N) is 1. The molecule has 6 heteroatoms. The highest BCUT2D eigenvalue weighted by Gasteiger charge is 2.24. The molecule has 1 saturated carbocycles. The van der Waals surface area contributed by atoms with Crippen molar-refractivity contribution in [2.24, 2.45) is 5.73 Å². The lowest BCUT2D eigenvalue weighted by molar-refractivity contribution is 0.102. The van der Waals surface area contributed by atoms with Gasteiger partial charge in [-0.2, -0.15) is 0 Å². The predicted molar refractivity (Wildman–Crippen MR) is 109 cm³/mol. The number of fused-ring (bicyclic) bond motifs is 1. The van der Waals surface area contributed by atoms with E-state index in [1.54, 1.807) is 24.3 Å². The molecule has 0 aliphatic heterocycles. The monoisotopic (exact) mass is 377 g/mol. The van der Waals surface area contributed by atoms with Gasteiger partial charge in [0.15, 0.2) is 0 Å². The molecule has 1 aliphatic rings.